The van der Waals surface area contributed by atoms with Crippen molar-refractivity contribution in [1.82, 2.24) is 0 Å². The quantitative estimate of drug-likeness (QED) is 0.537. The van der Waals surface area contributed by atoms with Gasteiger partial charge in [-0.05, 0) is 23.8 Å². The summed E-state index contributed by atoms with van der Waals surface area (Å²) in [5.74, 6) is 0. The molecule has 4 heteroatoms. The van der Waals surface area contributed by atoms with Crippen LogP contribution in [0.15, 0.2) is 41.0 Å². The summed E-state index contributed by atoms with van der Waals surface area (Å²) in [6.07, 6.45) is 4.10. The molecule has 0 atom stereocenters. The summed E-state index contributed by atoms with van der Waals surface area (Å²) in [5, 5.41) is 10.4. The molecule has 0 unspecified atom stereocenters. The van der Waals surface area contributed by atoms with Crippen molar-refractivity contribution in [2.45, 2.75) is 0 Å². The van der Waals surface area contributed by atoms with E-state index in [1.807, 2.05) is 0 Å². The molecule has 0 aliphatic heterocycles. The number of benzene rings is 1. The third kappa shape index (κ3) is 1.50. The van der Waals surface area contributed by atoms with Gasteiger partial charge in [-0.3, -0.25) is 10.1 Å². The topological polar surface area (TPSA) is 56.3 Å². The highest BCUT2D eigenvalue weighted by Crippen LogP contribution is 2.22. The van der Waals surface area contributed by atoms with E-state index in [1.54, 1.807) is 24.5 Å². The van der Waals surface area contributed by atoms with Crippen LogP contribution in [0.3, 0.4) is 0 Å². The van der Waals surface area contributed by atoms with Gasteiger partial charge in [-0.2, -0.15) is 0 Å². The summed E-state index contributed by atoms with van der Waals surface area (Å²) in [5.41, 5.74) is 1.82. The lowest BCUT2D eigenvalue weighted by molar-refractivity contribution is -0.384. The maximum atomic E-state index is 10.4. The summed E-state index contributed by atoms with van der Waals surface area (Å²) in [7, 11) is 0. The second kappa shape index (κ2) is 3.33. The van der Waals surface area contributed by atoms with Crippen LogP contribution in [0.5, 0.6) is 0 Å². The number of non-ortho nitro benzene ring substituents is 1. The van der Waals surface area contributed by atoms with Crippen molar-refractivity contribution in [2.75, 3.05) is 0 Å². The Morgan fingerprint density at radius 1 is 1.21 bits per heavy atom. The number of nitrogens with zero attached hydrogens (tertiary/aromatic N) is 1. The van der Waals surface area contributed by atoms with Gasteiger partial charge in [0.05, 0.1) is 11.2 Å². The van der Waals surface area contributed by atoms with Gasteiger partial charge < -0.3 is 4.42 Å². The standard InChI is InChI=1S/C10H6NO3/c12-11(13)10-3-1-8(2-4-10)9-5-6-14-7-9/h1-5,7H. The molecule has 1 heterocycles. The first kappa shape index (κ1) is 8.50. The predicted molar refractivity (Wildman–Crippen MR) is 49.6 cm³/mol. The van der Waals surface area contributed by atoms with Gasteiger partial charge in [-0.25, -0.2) is 0 Å². The Balaban J connectivity index is 2.36. The Bertz CT molecular complexity index is 431. The van der Waals surface area contributed by atoms with Crippen LogP contribution < -0.4 is 0 Å². The number of furan rings is 1. The molecule has 2 aromatic rings. The van der Waals surface area contributed by atoms with Crippen LogP contribution in [-0.4, -0.2) is 4.92 Å². The number of hydrogen-bond donors (Lipinski definition) is 0. The highest BCUT2D eigenvalue weighted by Gasteiger charge is 2.05. The fourth-order valence-corrected chi connectivity index (χ4v) is 1.16. The normalized spacial score (nSPS) is 10.0. The molecule has 0 N–H and O–H groups in total. The third-order valence-electron chi connectivity index (χ3n) is 1.88. The third-order valence-corrected chi connectivity index (χ3v) is 1.88. The summed E-state index contributed by atoms with van der Waals surface area (Å²) in [4.78, 5) is 9.95. The van der Waals surface area contributed by atoms with E-state index in [0.29, 0.717) is 0 Å². The molecular formula is C10H6NO3. The van der Waals surface area contributed by atoms with E-state index in [9.17, 15) is 10.1 Å². The number of nitro benzene ring substituents is 1. The minimum Gasteiger partial charge on any atom is -0.460 e. The maximum absolute atomic E-state index is 10.4. The van der Waals surface area contributed by atoms with Gasteiger partial charge in [0, 0.05) is 17.7 Å². The molecule has 0 aliphatic rings. The largest absolute Gasteiger partial charge is 0.460 e. The average Bonchev–Trinajstić information content (AvgIpc) is 2.71. The van der Waals surface area contributed by atoms with Crippen LogP contribution in [-0.2, 0) is 0 Å². The molecule has 0 bridgehead atoms. The zero-order valence-corrected chi connectivity index (χ0v) is 7.14. The van der Waals surface area contributed by atoms with E-state index in [0.717, 1.165) is 11.1 Å². The van der Waals surface area contributed by atoms with E-state index in [-0.39, 0.29) is 5.69 Å². The van der Waals surface area contributed by atoms with Crippen molar-refractivity contribution in [3.63, 3.8) is 0 Å². The Labute approximate surface area is 79.9 Å². The first-order valence-electron chi connectivity index (χ1n) is 3.97. The van der Waals surface area contributed by atoms with Crippen LogP contribution in [0.4, 0.5) is 5.69 Å². The van der Waals surface area contributed by atoms with Crippen molar-refractivity contribution in [3.05, 3.63) is 53.0 Å². The van der Waals surface area contributed by atoms with E-state index >= 15 is 0 Å². The molecule has 0 amide bonds. The van der Waals surface area contributed by atoms with Gasteiger partial charge in [0.1, 0.15) is 0 Å². The van der Waals surface area contributed by atoms with E-state index < -0.39 is 4.92 Å². The lowest BCUT2D eigenvalue weighted by Gasteiger charge is -1.95. The molecule has 0 aliphatic carbocycles. The fraction of sp³-hybridized carbons (Fsp3) is 0. The molecule has 69 valence electrons. The van der Waals surface area contributed by atoms with Crippen molar-refractivity contribution in [2.24, 2.45) is 0 Å². The zero-order chi connectivity index (χ0) is 9.97. The smallest absolute Gasteiger partial charge is 0.269 e. The Hall–Kier alpha value is -2.10. The van der Waals surface area contributed by atoms with Crippen molar-refractivity contribution >= 4 is 5.69 Å². The molecular weight excluding hydrogens is 182 g/mol. The summed E-state index contributed by atoms with van der Waals surface area (Å²) < 4.78 is 4.79. The van der Waals surface area contributed by atoms with Gasteiger partial charge in [0.25, 0.3) is 5.69 Å². The van der Waals surface area contributed by atoms with Gasteiger partial charge in [-0.15, -0.1) is 0 Å². The first-order valence-corrected chi connectivity index (χ1v) is 3.97. The second-order valence-electron chi connectivity index (χ2n) is 2.76. The molecule has 0 fully saturated rings. The first-order chi connectivity index (χ1) is 6.77. The van der Waals surface area contributed by atoms with Crippen LogP contribution in [0.1, 0.15) is 0 Å². The van der Waals surface area contributed by atoms with Gasteiger partial charge in [0.2, 0.25) is 0 Å². The molecule has 1 aromatic carbocycles. The summed E-state index contributed by atoms with van der Waals surface area (Å²) in [6, 6.07) is 7.96. The number of nitro groups is 1. The SMILES string of the molecule is O=[N+]([O-])c1ccc(-c2c[c]oc2)cc1. The summed E-state index contributed by atoms with van der Waals surface area (Å²) >= 11 is 0. The van der Waals surface area contributed by atoms with Crippen LogP contribution >= 0.6 is 0 Å². The highest BCUT2D eigenvalue weighted by atomic mass is 16.6. The van der Waals surface area contributed by atoms with E-state index in [4.69, 9.17) is 4.42 Å². The van der Waals surface area contributed by atoms with Crippen molar-refractivity contribution in [3.8, 4) is 11.1 Å². The predicted octanol–water partition coefficient (Wildman–Crippen LogP) is 2.65. The number of hydrogen-bond acceptors (Lipinski definition) is 3. The second-order valence-corrected chi connectivity index (χ2v) is 2.76. The molecule has 1 aromatic heterocycles. The molecule has 4 nitrogen and oxygen atoms in total. The zero-order valence-electron chi connectivity index (χ0n) is 7.14. The average molecular weight is 188 g/mol. The Kier molecular flexibility index (Phi) is 2.02. The van der Waals surface area contributed by atoms with Crippen LogP contribution in [0.2, 0.25) is 0 Å². The van der Waals surface area contributed by atoms with E-state index in [2.05, 4.69) is 6.26 Å². The minimum atomic E-state index is -0.425. The molecule has 0 saturated heterocycles. The Morgan fingerprint density at radius 3 is 2.43 bits per heavy atom. The summed E-state index contributed by atoms with van der Waals surface area (Å²) in [6.45, 7) is 0. The lowest BCUT2D eigenvalue weighted by Crippen LogP contribution is -1.86. The Morgan fingerprint density at radius 2 is 1.93 bits per heavy atom. The maximum Gasteiger partial charge on any atom is 0.269 e. The monoisotopic (exact) mass is 188 g/mol. The molecule has 1 radical (unpaired) electrons. The van der Waals surface area contributed by atoms with E-state index in [1.165, 1.54) is 12.1 Å². The van der Waals surface area contributed by atoms with Crippen LogP contribution in [0.25, 0.3) is 11.1 Å². The number of rotatable bonds is 2. The molecule has 2 rings (SSSR count). The van der Waals surface area contributed by atoms with Gasteiger partial charge in [-0.1, -0.05) is 0 Å². The lowest BCUT2D eigenvalue weighted by atomic mass is 10.1. The van der Waals surface area contributed by atoms with Gasteiger partial charge in [0.15, 0.2) is 6.26 Å². The van der Waals surface area contributed by atoms with Gasteiger partial charge >= 0.3 is 0 Å². The molecule has 0 spiro atoms. The fourth-order valence-electron chi connectivity index (χ4n) is 1.16. The highest BCUT2D eigenvalue weighted by molar-refractivity contribution is 5.63. The van der Waals surface area contributed by atoms with Crippen molar-refractivity contribution in [1.29, 1.82) is 0 Å². The van der Waals surface area contributed by atoms with Crippen molar-refractivity contribution < 1.29 is 9.34 Å². The van der Waals surface area contributed by atoms with Crippen LogP contribution in [0, 0.1) is 16.4 Å². The molecule has 0 saturated carbocycles. The minimum absolute atomic E-state index is 0.0845. The molecule has 14 heavy (non-hydrogen) atoms.